The highest BCUT2D eigenvalue weighted by Crippen LogP contribution is 2.30. The molecule has 4 atom stereocenters. The first kappa shape index (κ1) is 12.7. The first-order valence-electron chi connectivity index (χ1n) is 6.82. The molecule has 2 nitrogen and oxygen atoms in total. The highest BCUT2D eigenvalue weighted by Gasteiger charge is 2.29. The Morgan fingerprint density at radius 1 is 1.19 bits per heavy atom. The van der Waals surface area contributed by atoms with E-state index in [0.717, 1.165) is 29.8 Å². The van der Waals surface area contributed by atoms with Crippen LogP contribution in [0.15, 0.2) is 0 Å². The Morgan fingerprint density at radius 2 is 2.00 bits per heavy atom. The third-order valence-electron chi connectivity index (χ3n) is 4.37. The van der Waals surface area contributed by atoms with Crippen molar-refractivity contribution in [2.24, 2.45) is 11.7 Å². The van der Waals surface area contributed by atoms with E-state index in [2.05, 4.69) is 11.6 Å². The lowest BCUT2D eigenvalue weighted by Crippen LogP contribution is -2.44. The molecule has 16 heavy (non-hydrogen) atoms. The monoisotopic (exact) mass is 242 g/mol. The van der Waals surface area contributed by atoms with Crippen LogP contribution in [0.4, 0.5) is 0 Å². The third kappa shape index (κ3) is 3.14. The van der Waals surface area contributed by atoms with E-state index in [4.69, 9.17) is 5.73 Å². The van der Waals surface area contributed by atoms with Gasteiger partial charge in [0.05, 0.1) is 0 Å². The molecule has 0 amide bonds. The maximum atomic E-state index is 5.84. The third-order valence-corrected chi connectivity index (χ3v) is 5.47. The van der Waals surface area contributed by atoms with Crippen molar-refractivity contribution in [1.29, 1.82) is 0 Å². The minimum Gasteiger partial charge on any atom is -0.330 e. The molecule has 0 aromatic heterocycles. The summed E-state index contributed by atoms with van der Waals surface area (Å²) in [5.74, 6) is 0.745. The molecule has 94 valence electrons. The lowest BCUT2D eigenvalue weighted by atomic mass is 9.93. The van der Waals surface area contributed by atoms with E-state index in [1.54, 1.807) is 0 Å². The van der Waals surface area contributed by atoms with E-state index in [-0.39, 0.29) is 0 Å². The van der Waals surface area contributed by atoms with E-state index in [9.17, 15) is 0 Å². The fourth-order valence-electron chi connectivity index (χ4n) is 3.35. The van der Waals surface area contributed by atoms with Crippen molar-refractivity contribution in [3.8, 4) is 0 Å². The molecule has 0 heterocycles. The molecule has 0 spiro atoms. The summed E-state index contributed by atoms with van der Waals surface area (Å²) >= 11 is 2.05. The smallest absolute Gasteiger partial charge is 0.0110 e. The molecule has 0 aromatic rings. The number of thioether (sulfide) groups is 1. The van der Waals surface area contributed by atoms with Gasteiger partial charge in [0.25, 0.3) is 0 Å². The first-order chi connectivity index (χ1) is 7.83. The first-order valence-corrected chi connectivity index (χ1v) is 8.11. The van der Waals surface area contributed by atoms with Gasteiger partial charge in [-0.25, -0.2) is 0 Å². The average Bonchev–Trinajstić information content (AvgIpc) is 2.76. The second-order valence-electron chi connectivity index (χ2n) is 5.42. The fourth-order valence-corrected chi connectivity index (χ4v) is 4.18. The number of nitrogens with one attached hydrogen (secondary N) is 1. The van der Waals surface area contributed by atoms with Crippen molar-refractivity contribution < 1.29 is 0 Å². The van der Waals surface area contributed by atoms with Crippen LogP contribution >= 0.6 is 11.8 Å². The summed E-state index contributed by atoms with van der Waals surface area (Å²) in [5.41, 5.74) is 5.84. The van der Waals surface area contributed by atoms with Crippen LogP contribution in [0.25, 0.3) is 0 Å². The van der Waals surface area contributed by atoms with Crippen LogP contribution in [0.3, 0.4) is 0 Å². The molecule has 0 radical (unpaired) electrons. The van der Waals surface area contributed by atoms with E-state index >= 15 is 0 Å². The molecular formula is C13H26N2S. The molecule has 3 N–H and O–H groups in total. The van der Waals surface area contributed by atoms with Gasteiger partial charge in [-0.05, 0) is 50.8 Å². The fraction of sp³-hybridized carbons (Fsp3) is 1.00. The molecule has 2 rings (SSSR count). The van der Waals surface area contributed by atoms with Crippen molar-refractivity contribution in [3.05, 3.63) is 0 Å². The standard InChI is InChI=1S/C13H26N2S/c1-16-12-6-3-5-11(8-12)15-13-7-2-4-10(13)9-14/h10-13,15H,2-9,14H2,1H3. The Labute approximate surface area is 104 Å². The highest BCUT2D eigenvalue weighted by molar-refractivity contribution is 7.99. The van der Waals surface area contributed by atoms with Crippen LogP contribution in [0, 0.1) is 5.92 Å². The van der Waals surface area contributed by atoms with Crippen LogP contribution in [0.1, 0.15) is 44.9 Å². The minimum absolute atomic E-state index is 0.718. The molecule has 4 unspecified atom stereocenters. The van der Waals surface area contributed by atoms with Crippen LogP contribution < -0.4 is 11.1 Å². The van der Waals surface area contributed by atoms with Crippen molar-refractivity contribution in [2.45, 2.75) is 62.3 Å². The van der Waals surface area contributed by atoms with Crippen molar-refractivity contribution in [1.82, 2.24) is 5.32 Å². The molecule has 0 aromatic carbocycles. The number of rotatable bonds is 4. The zero-order chi connectivity index (χ0) is 11.4. The lowest BCUT2D eigenvalue weighted by Gasteiger charge is -2.32. The number of hydrogen-bond donors (Lipinski definition) is 2. The second kappa shape index (κ2) is 6.27. The van der Waals surface area contributed by atoms with Gasteiger partial charge >= 0.3 is 0 Å². The summed E-state index contributed by atoms with van der Waals surface area (Å²) in [6.07, 6.45) is 11.9. The Hall–Kier alpha value is 0.270. The van der Waals surface area contributed by atoms with Gasteiger partial charge in [-0.2, -0.15) is 11.8 Å². The molecule has 2 fully saturated rings. The van der Waals surface area contributed by atoms with E-state index < -0.39 is 0 Å². The lowest BCUT2D eigenvalue weighted by molar-refractivity contribution is 0.307. The average molecular weight is 242 g/mol. The SMILES string of the molecule is CSC1CCCC(NC2CCCC2CN)C1. The molecule has 0 bridgehead atoms. The summed E-state index contributed by atoms with van der Waals surface area (Å²) in [7, 11) is 0. The normalized spacial score (nSPS) is 40.1. The van der Waals surface area contributed by atoms with Crippen LogP contribution in [0.2, 0.25) is 0 Å². The molecule has 0 saturated heterocycles. The summed E-state index contributed by atoms with van der Waals surface area (Å²) in [4.78, 5) is 0. The van der Waals surface area contributed by atoms with Gasteiger partial charge in [-0.15, -0.1) is 0 Å². The molecule has 2 aliphatic carbocycles. The van der Waals surface area contributed by atoms with E-state index in [0.29, 0.717) is 0 Å². The zero-order valence-corrected chi connectivity index (χ0v) is 11.3. The Bertz CT molecular complexity index is 210. The van der Waals surface area contributed by atoms with Crippen LogP contribution in [-0.2, 0) is 0 Å². The summed E-state index contributed by atoms with van der Waals surface area (Å²) < 4.78 is 0. The minimum atomic E-state index is 0.718. The Kier molecular flexibility index (Phi) is 4.98. The predicted molar refractivity (Wildman–Crippen MR) is 72.9 cm³/mol. The molecule has 3 heteroatoms. The van der Waals surface area contributed by atoms with Gasteiger partial charge < -0.3 is 11.1 Å². The second-order valence-corrected chi connectivity index (χ2v) is 6.56. The highest BCUT2D eigenvalue weighted by atomic mass is 32.2. The van der Waals surface area contributed by atoms with Gasteiger partial charge in [0.1, 0.15) is 0 Å². The quantitative estimate of drug-likeness (QED) is 0.795. The molecule has 2 saturated carbocycles. The van der Waals surface area contributed by atoms with Gasteiger partial charge in [0.15, 0.2) is 0 Å². The number of nitrogens with two attached hydrogens (primary N) is 1. The van der Waals surface area contributed by atoms with Crippen LogP contribution in [-0.4, -0.2) is 30.1 Å². The summed E-state index contributed by atoms with van der Waals surface area (Å²) in [5, 5.41) is 4.78. The van der Waals surface area contributed by atoms with Gasteiger partial charge in [0.2, 0.25) is 0 Å². The largest absolute Gasteiger partial charge is 0.330 e. The van der Waals surface area contributed by atoms with Gasteiger partial charge in [0, 0.05) is 17.3 Å². The van der Waals surface area contributed by atoms with E-state index in [1.165, 1.54) is 44.9 Å². The topological polar surface area (TPSA) is 38.0 Å². The Morgan fingerprint density at radius 3 is 2.75 bits per heavy atom. The maximum Gasteiger partial charge on any atom is 0.0110 e. The van der Waals surface area contributed by atoms with Crippen molar-refractivity contribution in [2.75, 3.05) is 12.8 Å². The molecular weight excluding hydrogens is 216 g/mol. The number of hydrogen-bond acceptors (Lipinski definition) is 3. The summed E-state index contributed by atoms with van der Waals surface area (Å²) in [6.45, 7) is 0.871. The predicted octanol–water partition coefficient (Wildman–Crippen LogP) is 2.38. The van der Waals surface area contributed by atoms with Gasteiger partial charge in [-0.3, -0.25) is 0 Å². The zero-order valence-electron chi connectivity index (χ0n) is 10.5. The molecule has 2 aliphatic rings. The van der Waals surface area contributed by atoms with Crippen LogP contribution in [0.5, 0.6) is 0 Å². The molecule has 0 aliphatic heterocycles. The van der Waals surface area contributed by atoms with Gasteiger partial charge in [-0.1, -0.05) is 12.8 Å². The summed E-state index contributed by atoms with van der Waals surface area (Å²) in [6, 6.07) is 1.49. The van der Waals surface area contributed by atoms with Crippen molar-refractivity contribution in [3.63, 3.8) is 0 Å². The van der Waals surface area contributed by atoms with Crippen molar-refractivity contribution >= 4 is 11.8 Å². The maximum absolute atomic E-state index is 5.84. The van der Waals surface area contributed by atoms with E-state index in [1.807, 2.05) is 11.8 Å². The Balaban J connectivity index is 1.79.